The standard InChI is InChI=1S/C29H40ClN3O7S/c1-18(2)16-33(41(37,38)21-10-11-23-24(13-21)40-17-39-23)22-9-7-8-20(26(22)35)12-19(3)15-31-28(36)27(29(4,5)6)32-25(34)14-30/h7-11,13,18-19,27,35H,12,14-17H2,1-6H3,(H,31,36)(H,32,34)/t19?,27-/m0/s1. The molecule has 0 saturated carbocycles. The highest BCUT2D eigenvalue weighted by Crippen LogP contribution is 2.39. The number of phenols is 1. The Morgan fingerprint density at radius 2 is 1.78 bits per heavy atom. The number of aromatic hydroxyl groups is 1. The number of halogens is 1. The normalized spacial score (nSPS) is 14.4. The topological polar surface area (TPSA) is 134 Å². The molecule has 1 heterocycles. The Hall–Kier alpha value is -3.18. The summed E-state index contributed by atoms with van der Waals surface area (Å²) in [6.07, 6.45) is 0.369. The Balaban J connectivity index is 1.81. The van der Waals surface area contributed by atoms with Gasteiger partial charge in [0.25, 0.3) is 10.0 Å². The van der Waals surface area contributed by atoms with Crippen LogP contribution in [0.3, 0.4) is 0 Å². The summed E-state index contributed by atoms with van der Waals surface area (Å²) in [6, 6.07) is 8.68. The van der Waals surface area contributed by atoms with Crippen LogP contribution in [0.1, 0.15) is 47.1 Å². The van der Waals surface area contributed by atoms with Gasteiger partial charge in [0, 0.05) is 19.2 Å². The van der Waals surface area contributed by atoms with Gasteiger partial charge in [0.2, 0.25) is 18.6 Å². The predicted molar refractivity (Wildman–Crippen MR) is 158 cm³/mol. The van der Waals surface area contributed by atoms with Crippen LogP contribution >= 0.6 is 11.6 Å². The molecule has 0 bridgehead atoms. The molecule has 10 nitrogen and oxygen atoms in total. The van der Waals surface area contributed by atoms with Gasteiger partial charge < -0.3 is 25.2 Å². The molecule has 2 atom stereocenters. The van der Waals surface area contributed by atoms with Gasteiger partial charge in [-0.3, -0.25) is 13.9 Å². The van der Waals surface area contributed by atoms with E-state index in [0.717, 1.165) is 0 Å². The van der Waals surface area contributed by atoms with Crippen molar-refractivity contribution < 1.29 is 32.6 Å². The first-order chi connectivity index (χ1) is 19.1. The lowest BCUT2D eigenvalue weighted by Gasteiger charge is -2.30. The highest BCUT2D eigenvalue weighted by atomic mass is 35.5. The molecule has 3 N–H and O–H groups in total. The number of benzene rings is 2. The van der Waals surface area contributed by atoms with Crippen molar-refractivity contribution in [3.63, 3.8) is 0 Å². The molecule has 1 unspecified atom stereocenters. The van der Waals surface area contributed by atoms with E-state index < -0.39 is 27.4 Å². The number of anilines is 1. The molecule has 226 valence electrons. The molecule has 0 radical (unpaired) electrons. The van der Waals surface area contributed by atoms with E-state index in [-0.39, 0.29) is 59.8 Å². The van der Waals surface area contributed by atoms with E-state index in [2.05, 4.69) is 10.6 Å². The van der Waals surface area contributed by atoms with Crippen molar-refractivity contribution in [2.24, 2.45) is 17.3 Å². The molecule has 2 amide bonds. The van der Waals surface area contributed by atoms with Crippen molar-refractivity contribution in [2.45, 2.75) is 58.9 Å². The number of phenolic OH excluding ortho intramolecular Hbond substituents is 1. The van der Waals surface area contributed by atoms with Gasteiger partial charge in [-0.2, -0.15) is 0 Å². The van der Waals surface area contributed by atoms with Crippen LogP contribution in [0, 0.1) is 17.3 Å². The monoisotopic (exact) mass is 609 g/mol. The molecule has 2 aromatic carbocycles. The number of sulfonamides is 1. The molecule has 41 heavy (non-hydrogen) atoms. The Kier molecular flexibility index (Phi) is 10.4. The number of carbonyl (C=O) groups is 2. The van der Waals surface area contributed by atoms with Gasteiger partial charge in [-0.05, 0) is 47.4 Å². The van der Waals surface area contributed by atoms with E-state index in [1.54, 1.807) is 24.3 Å². The molecule has 0 fully saturated rings. The van der Waals surface area contributed by atoms with Crippen LogP contribution in [0.4, 0.5) is 5.69 Å². The van der Waals surface area contributed by atoms with E-state index in [0.29, 0.717) is 23.5 Å². The third kappa shape index (κ3) is 7.97. The number of alkyl halides is 1. The van der Waals surface area contributed by atoms with E-state index in [4.69, 9.17) is 21.1 Å². The number of nitrogens with one attached hydrogen (secondary N) is 2. The van der Waals surface area contributed by atoms with Crippen LogP contribution in [0.5, 0.6) is 17.2 Å². The summed E-state index contributed by atoms with van der Waals surface area (Å²) in [5.74, 6) is -0.487. The molecule has 0 aliphatic carbocycles. The first kappa shape index (κ1) is 32.3. The Morgan fingerprint density at radius 1 is 1.10 bits per heavy atom. The van der Waals surface area contributed by atoms with Crippen LogP contribution in [-0.4, -0.2) is 57.1 Å². The second-order valence-corrected chi connectivity index (χ2v) is 13.9. The number of nitrogens with zero attached hydrogens (tertiary/aromatic N) is 1. The van der Waals surface area contributed by atoms with Crippen molar-refractivity contribution in [3.05, 3.63) is 42.0 Å². The second-order valence-electron chi connectivity index (χ2n) is 11.8. The number of amides is 2. The lowest BCUT2D eigenvalue weighted by Crippen LogP contribution is -2.54. The van der Waals surface area contributed by atoms with Crippen LogP contribution < -0.4 is 24.4 Å². The minimum atomic E-state index is -4.06. The molecular weight excluding hydrogens is 570 g/mol. The van der Waals surface area contributed by atoms with Crippen LogP contribution in [-0.2, 0) is 26.0 Å². The summed E-state index contributed by atoms with van der Waals surface area (Å²) < 4.78 is 39.5. The molecule has 1 aliphatic rings. The number of ether oxygens (including phenoxy) is 2. The van der Waals surface area contributed by atoms with E-state index in [1.807, 2.05) is 41.5 Å². The number of rotatable bonds is 12. The van der Waals surface area contributed by atoms with Gasteiger partial charge in [-0.1, -0.05) is 53.7 Å². The van der Waals surface area contributed by atoms with Crippen molar-refractivity contribution in [1.29, 1.82) is 0 Å². The first-order valence-electron chi connectivity index (χ1n) is 13.5. The number of hydrogen-bond donors (Lipinski definition) is 3. The van der Waals surface area contributed by atoms with Crippen molar-refractivity contribution in [1.82, 2.24) is 10.6 Å². The Bertz CT molecular complexity index is 1360. The van der Waals surface area contributed by atoms with Gasteiger partial charge in [-0.15, -0.1) is 11.6 Å². The molecule has 0 saturated heterocycles. The van der Waals surface area contributed by atoms with Crippen molar-refractivity contribution in [3.8, 4) is 17.2 Å². The van der Waals surface area contributed by atoms with E-state index >= 15 is 0 Å². The maximum absolute atomic E-state index is 13.8. The minimum absolute atomic E-state index is 0.0228. The Labute approximate surface area is 247 Å². The third-order valence-corrected chi connectivity index (χ3v) is 8.60. The summed E-state index contributed by atoms with van der Waals surface area (Å²) in [4.78, 5) is 24.8. The molecule has 1 aliphatic heterocycles. The number of hydrogen-bond acceptors (Lipinski definition) is 7. The average Bonchev–Trinajstić information content (AvgIpc) is 3.37. The van der Waals surface area contributed by atoms with Gasteiger partial charge in [-0.25, -0.2) is 8.42 Å². The zero-order valence-corrected chi connectivity index (χ0v) is 25.9. The maximum Gasteiger partial charge on any atom is 0.264 e. The van der Waals surface area contributed by atoms with Crippen molar-refractivity contribution >= 4 is 39.1 Å². The van der Waals surface area contributed by atoms with Gasteiger partial charge >= 0.3 is 0 Å². The summed E-state index contributed by atoms with van der Waals surface area (Å²) in [5, 5.41) is 16.8. The zero-order valence-electron chi connectivity index (χ0n) is 24.4. The predicted octanol–water partition coefficient (Wildman–Crippen LogP) is 4.04. The lowest BCUT2D eigenvalue weighted by molar-refractivity contribution is -0.130. The Morgan fingerprint density at radius 3 is 2.41 bits per heavy atom. The van der Waals surface area contributed by atoms with Gasteiger partial charge in [0.05, 0.1) is 10.6 Å². The molecule has 2 aromatic rings. The summed E-state index contributed by atoms with van der Waals surface area (Å²) >= 11 is 5.61. The second kappa shape index (κ2) is 13.2. The van der Waals surface area contributed by atoms with E-state index in [9.17, 15) is 23.1 Å². The van der Waals surface area contributed by atoms with Crippen LogP contribution in [0.2, 0.25) is 0 Å². The first-order valence-corrected chi connectivity index (χ1v) is 15.5. The molecular formula is C29H40ClN3O7S. The summed E-state index contributed by atoms with van der Waals surface area (Å²) in [6.45, 7) is 11.7. The fourth-order valence-corrected chi connectivity index (χ4v) is 6.19. The fraction of sp³-hybridized carbons (Fsp3) is 0.517. The van der Waals surface area contributed by atoms with Gasteiger partial charge in [0.15, 0.2) is 11.5 Å². The summed E-state index contributed by atoms with van der Waals surface area (Å²) in [7, 11) is -4.06. The molecule has 3 rings (SSSR count). The quantitative estimate of drug-likeness (QED) is 0.309. The van der Waals surface area contributed by atoms with Crippen LogP contribution in [0.25, 0.3) is 0 Å². The fourth-order valence-electron chi connectivity index (χ4n) is 4.47. The lowest BCUT2D eigenvalue weighted by atomic mass is 9.86. The molecule has 0 aromatic heterocycles. The maximum atomic E-state index is 13.8. The zero-order chi connectivity index (χ0) is 30.5. The largest absolute Gasteiger partial charge is 0.505 e. The highest BCUT2D eigenvalue weighted by Gasteiger charge is 2.33. The van der Waals surface area contributed by atoms with Crippen LogP contribution in [0.15, 0.2) is 41.3 Å². The molecule has 0 spiro atoms. The molecule has 12 heteroatoms. The minimum Gasteiger partial charge on any atom is -0.505 e. The SMILES string of the molecule is CC(C)CN(c1cccc(CC(C)CNC(=O)[C@H](NC(=O)CCl)C(C)(C)C)c1O)S(=O)(=O)c1ccc2c(c1)OCO2. The summed E-state index contributed by atoms with van der Waals surface area (Å²) in [5.41, 5.74) is 0.175. The van der Waals surface area contributed by atoms with E-state index in [1.165, 1.54) is 16.4 Å². The number of carbonyl (C=O) groups excluding carboxylic acids is 2. The number of fused-ring (bicyclic) bond motifs is 1. The number of para-hydroxylation sites is 1. The average molecular weight is 610 g/mol. The highest BCUT2D eigenvalue weighted by molar-refractivity contribution is 7.92. The van der Waals surface area contributed by atoms with Crippen molar-refractivity contribution in [2.75, 3.05) is 30.1 Å². The van der Waals surface area contributed by atoms with Gasteiger partial charge in [0.1, 0.15) is 17.7 Å². The smallest absolute Gasteiger partial charge is 0.264 e. The third-order valence-electron chi connectivity index (χ3n) is 6.58.